The first kappa shape index (κ1) is 28.4. The maximum absolute atomic E-state index is 13.8. The highest BCUT2D eigenvalue weighted by Gasteiger charge is 2.32. The molecule has 0 spiro atoms. The molecule has 0 fully saturated rings. The van der Waals surface area contributed by atoms with E-state index < -0.39 is 22.0 Å². The lowest BCUT2D eigenvalue weighted by molar-refractivity contribution is -0.140. The van der Waals surface area contributed by atoms with Crippen molar-refractivity contribution in [1.82, 2.24) is 10.2 Å². The Bertz CT molecular complexity index is 1120. The van der Waals surface area contributed by atoms with E-state index in [9.17, 15) is 18.0 Å². The van der Waals surface area contributed by atoms with Gasteiger partial charge < -0.3 is 10.2 Å². The molecule has 2 aromatic carbocycles. The lowest BCUT2D eigenvalue weighted by atomic mass is 10.1. The van der Waals surface area contributed by atoms with Crippen molar-refractivity contribution in [3.05, 3.63) is 65.2 Å². The normalized spacial score (nSPS) is 13.1. The van der Waals surface area contributed by atoms with Gasteiger partial charge in [-0.1, -0.05) is 68.8 Å². The van der Waals surface area contributed by atoms with Crippen molar-refractivity contribution in [2.75, 3.05) is 17.1 Å². The Morgan fingerprint density at radius 1 is 1.00 bits per heavy atom. The Labute approximate surface area is 210 Å². The summed E-state index contributed by atoms with van der Waals surface area (Å²) in [5.74, 6) is -0.656. The van der Waals surface area contributed by atoms with Crippen LogP contribution in [0.2, 0.25) is 0 Å². The predicted molar refractivity (Wildman–Crippen MR) is 142 cm³/mol. The molecule has 35 heavy (non-hydrogen) atoms. The van der Waals surface area contributed by atoms with Gasteiger partial charge in [-0.15, -0.1) is 0 Å². The van der Waals surface area contributed by atoms with Gasteiger partial charge in [-0.2, -0.15) is 0 Å². The second-order valence-corrected chi connectivity index (χ2v) is 10.9. The summed E-state index contributed by atoms with van der Waals surface area (Å²) in [7, 11) is -3.75. The number of anilines is 1. The number of hydrogen-bond donors (Lipinski definition) is 1. The highest BCUT2D eigenvalue weighted by Crippen LogP contribution is 2.24. The van der Waals surface area contributed by atoms with Crippen LogP contribution in [0.25, 0.3) is 0 Å². The van der Waals surface area contributed by atoms with Gasteiger partial charge in [-0.05, 0) is 50.3 Å². The third-order valence-electron chi connectivity index (χ3n) is 6.14. The van der Waals surface area contributed by atoms with E-state index in [2.05, 4.69) is 5.32 Å². The van der Waals surface area contributed by atoms with Crippen LogP contribution in [0.5, 0.6) is 0 Å². The van der Waals surface area contributed by atoms with Crippen molar-refractivity contribution in [2.24, 2.45) is 0 Å². The molecule has 0 unspecified atom stereocenters. The number of nitrogens with one attached hydrogen (secondary N) is 1. The highest BCUT2D eigenvalue weighted by atomic mass is 32.2. The van der Waals surface area contributed by atoms with Crippen LogP contribution in [0.15, 0.2) is 48.5 Å². The van der Waals surface area contributed by atoms with Gasteiger partial charge in [0.2, 0.25) is 21.8 Å². The van der Waals surface area contributed by atoms with Crippen LogP contribution in [-0.2, 0) is 32.6 Å². The molecule has 0 aliphatic heterocycles. The molecule has 0 heterocycles. The molecule has 0 saturated heterocycles. The first-order valence-electron chi connectivity index (χ1n) is 12.2. The summed E-state index contributed by atoms with van der Waals surface area (Å²) < 4.78 is 26.7. The van der Waals surface area contributed by atoms with Crippen molar-refractivity contribution >= 4 is 27.5 Å². The lowest BCUT2D eigenvalue weighted by Crippen LogP contribution is -2.53. The first-order chi connectivity index (χ1) is 16.5. The molecule has 2 atom stereocenters. The van der Waals surface area contributed by atoms with Gasteiger partial charge >= 0.3 is 0 Å². The number of amides is 2. The van der Waals surface area contributed by atoms with Gasteiger partial charge in [-0.25, -0.2) is 8.42 Å². The van der Waals surface area contributed by atoms with E-state index in [-0.39, 0.29) is 25.0 Å². The smallest absolute Gasteiger partial charge is 0.244 e. The minimum Gasteiger partial charge on any atom is -0.352 e. The Kier molecular flexibility index (Phi) is 10.3. The summed E-state index contributed by atoms with van der Waals surface area (Å²) >= 11 is 0. The SMILES string of the molecule is CCc1ccccc1N(CC(=O)N(Cc1cccc(C)c1)[C@H](CC)C(=O)N[C@@H](C)CC)S(C)(=O)=O. The van der Waals surface area contributed by atoms with E-state index in [1.165, 1.54) is 4.90 Å². The van der Waals surface area contributed by atoms with Gasteiger partial charge in [0.1, 0.15) is 12.6 Å². The summed E-state index contributed by atoms with van der Waals surface area (Å²) in [5.41, 5.74) is 3.24. The number of carbonyl (C=O) groups is 2. The van der Waals surface area contributed by atoms with Crippen LogP contribution in [0.3, 0.4) is 0 Å². The Balaban J connectivity index is 2.48. The van der Waals surface area contributed by atoms with Crippen LogP contribution < -0.4 is 9.62 Å². The maximum Gasteiger partial charge on any atom is 0.244 e. The summed E-state index contributed by atoms with van der Waals surface area (Å²) in [6.45, 7) is 9.50. The van der Waals surface area contributed by atoms with Crippen LogP contribution in [0.4, 0.5) is 5.69 Å². The average Bonchev–Trinajstić information content (AvgIpc) is 2.81. The minimum absolute atomic E-state index is 0.0311. The molecule has 0 saturated carbocycles. The van der Waals surface area contributed by atoms with Crippen LogP contribution in [0.1, 0.15) is 57.2 Å². The molecule has 8 heteroatoms. The van der Waals surface area contributed by atoms with Gasteiger partial charge in [0.25, 0.3) is 0 Å². The number of rotatable bonds is 12. The van der Waals surface area contributed by atoms with E-state index in [0.29, 0.717) is 18.5 Å². The summed E-state index contributed by atoms with van der Waals surface area (Å²) in [5, 5.41) is 2.98. The molecule has 0 aliphatic rings. The number of nitrogens with zero attached hydrogens (tertiary/aromatic N) is 2. The quantitative estimate of drug-likeness (QED) is 0.475. The van der Waals surface area contributed by atoms with E-state index in [1.807, 2.05) is 71.0 Å². The van der Waals surface area contributed by atoms with Crippen molar-refractivity contribution in [3.63, 3.8) is 0 Å². The first-order valence-corrected chi connectivity index (χ1v) is 14.1. The number of sulfonamides is 1. The van der Waals surface area contributed by atoms with E-state index in [0.717, 1.165) is 33.7 Å². The molecule has 0 bridgehead atoms. The molecule has 0 aliphatic carbocycles. The van der Waals surface area contributed by atoms with Crippen LogP contribution in [0, 0.1) is 6.92 Å². The van der Waals surface area contributed by atoms with Gasteiger partial charge in [0.05, 0.1) is 11.9 Å². The van der Waals surface area contributed by atoms with Crippen molar-refractivity contribution in [1.29, 1.82) is 0 Å². The molecule has 0 radical (unpaired) electrons. The zero-order chi connectivity index (χ0) is 26.2. The van der Waals surface area contributed by atoms with Gasteiger partial charge in [0.15, 0.2) is 0 Å². The Morgan fingerprint density at radius 2 is 1.69 bits per heavy atom. The lowest BCUT2D eigenvalue weighted by Gasteiger charge is -2.33. The van der Waals surface area contributed by atoms with Gasteiger partial charge in [0, 0.05) is 12.6 Å². The number of hydrogen-bond acceptors (Lipinski definition) is 4. The highest BCUT2D eigenvalue weighted by molar-refractivity contribution is 7.92. The Morgan fingerprint density at radius 3 is 2.26 bits per heavy atom. The predicted octanol–water partition coefficient (Wildman–Crippen LogP) is 4.05. The molecular formula is C27H39N3O4S. The molecule has 2 aromatic rings. The molecule has 0 aromatic heterocycles. The molecule has 2 rings (SSSR count). The van der Waals surface area contributed by atoms with Crippen LogP contribution in [-0.4, -0.2) is 50.0 Å². The monoisotopic (exact) mass is 501 g/mol. The Hall–Kier alpha value is -2.87. The number of benzene rings is 2. The second kappa shape index (κ2) is 12.7. The molecule has 7 nitrogen and oxygen atoms in total. The largest absolute Gasteiger partial charge is 0.352 e. The molecule has 1 N–H and O–H groups in total. The summed E-state index contributed by atoms with van der Waals surface area (Å²) in [6, 6.07) is 14.2. The molecule has 192 valence electrons. The van der Waals surface area contributed by atoms with Crippen LogP contribution >= 0.6 is 0 Å². The second-order valence-electron chi connectivity index (χ2n) is 9.00. The zero-order valence-electron chi connectivity index (χ0n) is 21.7. The number of aryl methyl sites for hydroxylation is 2. The topological polar surface area (TPSA) is 86.8 Å². The number of para-hydroxylation sites is 1. The van der Waals surface area contributed by atoms with E-state index >= 15 is 0 Å². The molecule has 2 amide bonds. The summed E-state index contributed by atoms with van der Waals surface area (Å²) in [6.07, 6.45) is 2.90. The number of carbonyl (C=O) groups excluding carboxylic acids is 2. The standard InChI is InChI=1S/C27H39N3O4S/c1-7-21(5)28-27(32)24(9-3)29(18-22-14-12-13-20(4)17-22)26(31)19-30(35(6,33)34)25-16-11-10-15-23(25)8-2/h10-17,21,24H,7-9,18-19H2,1-6H3,(H,28,32)/t21-,24+/m0/s1. The van der Waals surface area contributed by atoms with Crippen molar-refractivity contribution in [3.8, 4) is 0 Å². The fourth-order valence-corrected chi connectivity index (χ4v) is 4.90. The fourth-order valence-electron chi connectivity index (χ4n) is 4.02. The fraction of sp³-hybridized carbons (Fsp3) is 0.481. The maximum atomic E-state index is 13.8. The van der Waals surface area contributed by atoms with Gasteiger partial charge in [-0.3, -0.25) is 13.9 Å². The van der Waals surface area contributed by atoms with Crippen molar-refractivity contribution in [2.45, 2.75) is 72.5 Å². The zero-order valence-corrected chi connectivity index (χ0v) is 22.6. The van der Waals surface area contributed by atoms with E-state index in [1.54, 1.807) is 12.1 Å². The van der Waals surface area contributed by atoms with E-state index in [4.69, 9.17) is 0 Å². The minimum atomic E-state index is -3.75. The third kappa shape index (κ3) is 7.82. The third-order valence-corrected chi connectivity index (χ3v) is 7.27. The van der Waals surface area contributed by atoms with Crippen molar-refractivity contribution < 1.29 is 18.0 Å². The average molecular weight is 502 g/mol. The summed E-state index contributed by atoms with van der Waals surface area (Å²) in [4.78, 5) is 28.4. The molecular weight excluding hydrogens is 462 g/mol.